The lowest BCUT2D eigenvalue weighted by molar-refractivity contribution is -0.143. The van der Waals surface area contributed by atoms with E-state index in [0.29, 0.717) is 30.3 Å². The van der Waals surface area contributed by atoms with Gasteiger partial charge in [0.1, 0.15) is 17.5 Å². The van der Waals surface area contributed by atoms with E-state index in [-0.39, 0.29) is 63.0 Å². The number of hydrogen-bond acceptors (Lipinski definition) is 9. The van der Waals surface area contributed by atoms with E-state index in [1.165, 1.54) is 15.9 Å². The Hall–Kier alpha value is -4.75. The number of rotatable bonds is 10. The summed E-state index contributed by atoms with van der Waals surface area (Å²) in [6, 6.07) is 5.49. The van der Waals surface area contributed by atoms with Crippen LogP contribution in [-0.4, -0.2) is 112 Å². The van der Waals surface area contributed by atoms with Gasteiger partial charge in [0, 0.05) is 57.0 Å². The lowest BCUT2D eigenvalue weighted by Crippen LogP contribution is -2.56. The SMILES string of the molecule is CCOC(=O)N1CCN(C(=O)[C@H](CCC(=O)O)NC(=O)c2cc(OCC(=O)N3CCCC3=O)c3ccc(C)cc3n2)CC1. The molecule has 4 rings (SSSR count). The van der Waals surface area contributed by atoms with Gasteiger partial charge in [-0.25, -0.2) is 9.78 Å². The number of hydrogen-bond donors (Lipinski definition) is 2. The second-order valence-corrected chi connectivity index (χ2v) is 10.3. The maximum Gasteiger partial charge on any atom is 0.409 e. The minimum atomic E-state index is -1.17. The van der Waals surface area contributed by atoms with Gasteiger partial charge in [0.2, 0.25) is 11.8 Å². The van der Waals surface area contributed by atoms with E-state index >= 15 is 0 Å². The molecular formula is C29H35N5O9. The number of imide groups is 1. The topological polar surface area (TPSA) is 176 Å². The van der Waals surface area contributed by atoms with Crippen molar-refractivity contribution < 1.29 is 43.3 Å². The van der Waals surface area contributed by atoms with Crippen molar-refractivity contribution in [2.75, 3.05) is 45.9 Å². The summed E-state index contributed by atoms with van der Waals surface area (Å²) in [6.07, 6.45) is -0.109. The average Bonchev–Trinajstić information content (AvgIpc) is 3.42. The number of carbonyl (C=O) groups is 6. The van der Waals surface area contributed by atoms with Crippen molar-refractivity contribution >= 4 is 46.6 Å². The van der Waals surface area contributed by atoms with Crippen LogP contribution in [-0.2, 0) is 23.9 Å². The van der Waals surface area contributed by atoms with E-state index in [1.54, 1.807) is 19.1 Å². The molecule has 0 spiro atoms. The van der Waals surface area contributed by atoms with Gasteiger partial charge in [0.15, 0.2) is 6.61 Å². The predicted molar refractivity (Wildman–Crippen MR) is 151 cm³/mol. The van der Waals surface area contributed by atoms with Gasteiger partial charge < -0.3 is 29.7 Å². The van der Waals surface area contributed by atoms with Gasteiger partial charge in [-0.3, -0.25) is 28.9 Å². The van der Waals surface area contributed by atoms with Crippen LogP contribution in [0.4, 0.5) is 4.79 Å². The van der Waals surface area contributed by atoms with Crippen molar-refractivity contribution in [3.63, 3.8) is 0 Å². The van der Waals surface area contributed by atoms with Gasteiger partial charge in [-0.15, -0.1) is 0 Å². The number of benzene rings is 1. The average molecular weight is 598 g/mol. The maximum absolute atomic E-state index is 13.4. The first-order valence-corrected chi connectivity index (χ1v) is 14.2. The minimum Gasteiger partial charge on any atom is -0.483 e. The normalized spacial score (nSPS) is 15.8. The number of amides is 5. The molecule has 0 unspecified atom stereocenters. The zero-order chi connectivity index (χ0) is 31.1. The van der Waals surface area contributed by atoms with E-state index in [0.717, 1.165) is 10.5 Å². The Balaban J connectivity index is 1.52. The van der Waals surface area contributed by atoms with Gasteiger partial charge in [0.25, 0.3) is 11.8 Å². The second kappa shape index (κ2) is 13.9. The van der Waals surface area contributed by atoms with Crippen molar-refractivity contribution in [2.45, 2.75) is 45.6 Å². The molecule has 1 atom stereocenters. The van der Waals surface area contributed by atoms with Crippen molar-refractivity contribution in [3.8, 4) is 5.75 Å². The first kappa shape index (κ1) is 31.2. The van der Waals surface area contributed by atoms with E-state index in [2.05, 4.69) is 10.3 Å². The summed E-state index contributed by atoms with van der Waals surface area (Å²) in [5.74, 6) is -2.90. The van der Waals surface area contributed by atoms with Crippen molar-refractivity contribution in [1.82, 2.24) is 25.0 Å². The first-order valence-electron chi connectivity index (χ1n) is 14.2. The second-order valence-electron chi connectivity index (χ2n) is 10.3. The number of fused-ring (bicyclic) bond motifs is 1. The van der Waals surface area contributed by atoms with Crippen LogP contribution in [0.3, 0.4) is 0 Å². The third-order valence-corrected chi connectivity index (χ3v) is 7.25. The Morgan fingerprint density at radius 2 is 1.77 bits per heavy atom. The van der Waals surface area contributed by atoms with Crippen molar-refractivity contribution in [2.24, 2.45) is 0 Å². The van der Waals surface area contributed by atoms with Crippen LogP contribution in [0.1, 0.15) is 48.7 Å². The van der Waals surface area contributed by atoms with Crippen LogP contribution in [0.2, 0.25) is 0 Å². The van der Waals surface area contributed by atoms with Crippen LogP contribution in [0.5, 0.6) is 5.75 Å². The molecule has 2 fully saturated rings. The molecule has 0 aliphatic carbocycles. The van der Waals surface area contributed by atoms with Gasteiger partial charge in [-0.2, -0.15) is 0 Å². The molecule has 2 saturated heterocycles. The molecule has 1 aromatic heterocycles. The van der Waals surface area contributed by atoms with E-state index < -0.39 is 42.4 Å². The Labute approximate surface area is 247 Å². The number of pyridine rings is 1. The third-order valence-electron chi connectivity index (χ3n) is 7.25. The number of likely N-dealkylation sites (tertiary alicyclic amines) is 1. The molecule has 5 amide bonds. The molecule has 2 aromatic rings. The number of carbonyl (C=O) groups excluding carboxylic acids is 5. The van der Waals surface area contributed by atoms with Gasteiger partial charge in [-0.05, 0) is 44.4 Å². The van der Waals surface area contributed by atoms with E-state index in [9.17, 15) is 33.9 Å². The van der Waals surface area contributed by atoms with Crippen LogP contribution in [0.25, 0.3) is 10.9 Å². The fourth-order valence-corrected chi connectivity index (χ4v) is 4.97. The standard InChI is InChI=1S/C29H35N5O9/c1-3-42-29(41)33-13-11-32(12-14-33)28(40)20(8-9-26(37)38)31-27(39)22-16-23(19-7-6-18(2)15-21(19)30-22)43-17-25(36)34-10-4-5-24(34)35/h6-7,15-16,20H,3-5,8-14,17H2,1-2H3,(H,31,39)(H,37,38)/t20-/m0/s1. The molecule has 0 bridgehead atoms. The monoisotopic (exact) mass is 597 g/mol. The number of carboxylic acid groups (broad SMARTS) is 1. The zero-order valence-corrected chi connectivity index (χ0v) is 24.2. The lowest BCUT2D eigenvalue weighted by atomic mass is 10.1. The Bertz CT molecular complexity index is 1420. The highest BCUT2D eigenvalue weighted by atomic mass is 16.6. The minimum absolute atomic E-state index is 0.0990. The molecule has 2 aliphatic heterocycles. The fraction of sp³-hybridized carbons (Fsp3) is 0.483. The Morgan fingerprint density at radius 1 is 1.05 bits per heavy atom. The van der Waals surface area contributed by atoms with Gasteiger partial charge >= 0.3 is 12.1 Å². The molecule has 1 aromatic carbocycles. The molecule has 3 heterocycles. The highest BCUT2D eigenvalue weighted by Gasteiger charge is 2.32. The predicted octanol–water partition coefficient (Wildman–Crippen LogP) is 1.33. The highest BCUT2D eigenvalue weighted by Crippen LogP contribution is 2.27. The summed E-state index contributed by atoms with van der Waals surface area (Å²) in [6.45, 7) is 4.53. The molecule has 2 N–H and O–H groups in total. The molecule has 0 radical (unpaired) electrons. The molecule has 14 heteroatoms. The summed E-state index contributed by atoms with van der Waals surface area (Å²) >= 11 is 0. The summed E-state index contributed by atoms with van der Waals surface area (Å²) in [4.78, 5) is 83.3. The first-order chi connectivity index (χ1) is 20.6. The van der Waals surface area contributed by atoms with Crippen molar-refractivity contribution in [1.29, 1.82) is 0 Å². The lowest BCUT2D eigenvalue weighted by Gasteiger charge is -2.35. The Kier molecular flexibility index (Phi) is 10.1. The molecule has 0 saturated carbocycles. The fourth-order valence-electron chi connectivity index (χ4n) is 4.97. The van der Waals surface area contributed by atoms with Crippen LogP contribution >= 0.6 is 0 Å². The Morgan fingerprint density at radius 3 is 2.42 bits per heavy atom. The molecule has 230 valence electrons. The summed E-state index contributed by atoms with van der Waals surface area (Å²) in [7, 11) is 0. The van der Waals surface area contributed by atoms with Gasteiger partial charge in [0.05, 0.1) is 12.1 Å². The van der Waals surface area contributed by atoms with Crippen molar-refractivity contribution in [3.05, 3.63) is 35.5 Å². The number of nitrogens with zero attached hydrogens (tertiary/aromatic N) is 4. The smallest absolute Gasteiger partial charge is 0.409 e. The molecular weight excluding hydrogens is 562 g/mol. The van der Waals surface area contributed by atoms with Crippen LogP contribution < -0.4 is 10.1 Å². The number of piperazine rings is 1. The summed E-state index contributed by atoms with van der Waals surface area (Å²) in [5, 5.41) is 12.4. The zero-order valence-electron chi connectivity index (χ0n) is 24.2. The largest absolute Gasteiger partial charge is 0.483 e. The number of nitrogens with one attached hydrogen (secondary N) is 1. The quantitative estimate of drug-likeness (QED) is 0.406. The number of carboxylic acids is 1. The van der Waals surface area contributed by atoms with Crippen LogP contribution in [0, 0.1) is 6.92 Å². The van der Waals surface area contributed by atoms with Crippen LogP contribution in [0.15, 0.2) is 24.3 Å². The number of aryl methyl sites for hydroxylation is 1. The van der Waals surface area contributed by atoms with Gasteiger partial charge in [-0.1, -0.05) is 6.07 Å². The summed E-state index contributed by atoms with van der Waals surface area (Å²) in [5.41, 5.74) is 1.17. The third kappa shape index (κ3) is 7.76. The number of aliphatic carboxylic acids is 1. The molecule has 43 heavy (non-hydrogen) atoms. The summed E-state index contributed by atoms with van der Waals surface area (Å²) < 4.78 is 10.8. The maximum atomic E-state index is 13.4. The molecule has 2 aliphatic rings. The number of aromatic nitrogens is 1. The highest BCUT2D eigenvalue weighted by molar-refractivity contribution is 6.00. The number of ether oxygens (including phenoxy) is 2. The van der Waals surface area contributed by atoms with E-state index in [4.69, 9.17) is 9.47 Å². The van der Waals surface area contributed by atoms with E-state index in [1.807, 2.05) is 13.0 Å². The molecule has 14 nitrogen and oxygen atoms in total.